The highest BCUT2D eigenvalue weighted by atomic mass is 15.3. The predicted molar refractivity (Wildman–Crippen MR) is 80.1 cm³/mol. The van der Waals surface area contributed by atoms with Crippen molar-refractivity contribution in [3.05, 3.63) is 18.0 Å². The molecule has 5 nitrogen and oxygen atoms in total. The smallest absolute Gasteiger partial charge is 0.0538 e. The van der Waals surface area contributed by atoms with Crippen LogP contribution in [0.2, 0.25) is 0 Å². The van der Waals surface area contributed by atoms with Crippen LogP contribution >= 0.6 is 0 Å². The van der Waals surface area contributed by atoms with Crippen LogP contribution in [0.15, 0.2) is 12.4 Å². The number of aromatic nitrogens is 2. The van der Waals surface area contributed by atoms with Gasteiger partial charge in [-0.3, -0.25) is 9.58 Å². The van der Waals surface area contributed by atoms with Crippen LogP contribution < -0.4 is 5.73 Å². The lowest BCUT2D eigenvalue weighted by Gasteiger charge is -2.31. The Hall–Kier alpha value is -0.910. The Kier molecular flexibility index (Phi) is 7.05. The third-order valence-electron chi connectivity index (χ3n) is 3.37. The number of likely N-dealkylation sites (N-methyl/N-ethyl adjacent to an activating group) is 1. The number of rotatable bonds is 9. The van der Waals surface area contributed by atoms with Gasteiger partial charge < -0.3 is 10.6 Å². The van der Waals surface area contributed by atoms with Crippen molar-refractivity contribution in [2.75, 3.05) is 40.3 Å². The number of hydrogen-bond donors (Lipinski definition) is 1. The summed E-state index contributed by atoms with van der Waals surface area (Å²) in [7, 11) is 4.22. The first-order chi connectivity index (χ1) is 9.12. The minimum Gasteiger partial charge on any atom is -0.329 e. The van der Waals surface area contributed by atoms with Crippen LogP contribution in [0.4, 0.5) is 0 Å². The minimum atomic E-state index is 0.278. The van der Waals surface area contributed by atoms with Crippen molar-refractivity contribution < 1.29 is 0 Å². The zero-order chi connectivity index (χ0) is 14.3. The third-order valence-corrected chi connectivity index (χ3v) is 3.37. The van der Waals surface area contributed by atoms with E-state index in [1.807, 2.05) is 10.9 Å². The van der Waals surface area contributed by atoms with Gasteiger partial charge in [-0.05, 0) is 34.0 Å². The van der Waals surface area contributed by atoms with Gasteiger partial charge in [0.1, 0.15) is 0 Å². The molecule has 0 spiro atoms. The van der Waals surface area contributed by atoms with Crippen LogP contribution in [0.5, 0.6) is 0 Å². The Morgan fingerprint density at radius 3 is 2.47 bits per heavy atom. The second-order valence-electron chi connectivity index (χ2n) is 5.22. The Balaban J connectivity index is 2.76. The van der Waals surface area contributed by atoms with Gasteiger partial charge in [0.2, 0.25) is 0 Å². The average molecular weight is 267 g/mol. The van der Waals surface area contributed by atoms with Crippen LogP contribution in [0.1, 0.15) is 31.9 Å². The summed E-state index contributed by atoms with van der Waals surface area (Å²) in [6, 6.07) is 0.278. The largest absolute Gasteiger partial charge is 0.329 e. The lowest BCUT2D eigenvalue weighted by Crippen LogP contribution is -2.38. The van der Waals surface area contributed by atoms with Crippen molar-refractivity contribution in [3.8, 4) is 0 Å². The van der Waals surface area contributed by atoms with Crippen LogP contribution in [0.25, 0.3) is 0 Å². The van der Waals surface area contributed by atoms with E-state index in [0.29, 0.717) is 6.54 Å². The van der Waals surface area contributed by atoms with Gasteiger partial charge in [0.25, 0.3) is 0 Å². The van der Waals surface area contributed by atoms with E-state index in [1.54, 1.807) is 0 Å². The summed E-state index contributed by atoms with van der Waals surface area (Å²) in [4.78, 5) is 4.68. The Morgan fingerprint density at radius 2 is 2.00 bits per heavy atom. The normalized spacial score (nSPS) is 13.4. The molecule has 0 radical (unpaired) electrons. The molecule has 0 aromatic carbocycles. The van der Waals surface area contributed by atoms with Gasteiger partial charge in [0, 0.05) is 37.9 Å². The quantitative estimate of drug-likeness (QED) is 0.730. The summed E-state index contributed by atoms with van der Waals surface area (Å²) in [6.45, 7) is 9.03. The van der Waals surface area contributed by atoms with Gasteiger partial charge in [0.05, 0.1) is 12.2 Å². The van der Waals surface area contributed by atoms with Crippen molar-refractivity contribution in [3.63, 3.8) is 0 Å². The SMILES string of the molecule is CCCN(CCN(C)C)C(CN)c1cnn(CC)c1. The summed E-state index contributed by atoms with van der Waals surface area (Å²) in [5, 5.41) is 4.37. The van der Waals surface area contributed by atoms with Gasteiger partial charge in [-0.25, -0.2) is 0 Å². The molecule has 1 aromatic rings. The van der Waals surface area contributed by atoms with Crippen molar-refractivity contribution in [1.82, 2.24) is 19.6 Å². The molecule has 1 heterocycles. The molecule has 19 heavy (non-hydrogen) atoms. The number of nitrogens with zero attached hydrogens (tertiary/aromatic N) is 4. The molecule has 0 aliphatic heterocycles. The predicted octanol–water partition coefficient (Wildman–Crippen LogP) is 1.18. The summed E-state index contributed by atoms with van der Waals surface area (Å²) in [6.07, 6.45) is 5.22. The van der Waals surface area contributed by atoms with Crippen molar-refractivity contribution >= 4 is 0 Å². The standard InChI is InChI=1S/C14H29N5/c1-5-7-18(9-8-17(3)4)14(10-15)13-11-16-19(6-2)12-13/h11-12,14H,5-10,15H2,1-4H3. The van der Waals surface area contributed by atoms with E-state index >= 15 is 0 Å². The lowest BCUT2D eigenvalue weighted by atomic mass is 10.1. The molecule has 0 saturated carbocycles. The second kappa shape index (κ2) is 8.30. The summed E-state index contributed by atoms with van der Waals surface area (Å²) >= 11 is 0. The summed E-state index contributed by atoms with van der Waals surface area (Å²) in [5.41, 5.74) is 7.23. The van der Waals surface area contributed by atoms with Crippen LogP contribution in [0.3, 0.4) is 0 Å². The average Bonchev–Trinajstić information content (AvgIpc) is 2.85. The molecular formula is C14H29N5. The fourth-order valence-corrected chi connectivity index (χ4v) is 2.26. The fourth-order valence-electron chi connectivity index (χ4n) is 2.26. The van der Waals surface area contributed by atoms with Crippen LogP contribution in [-0.4, -0.2) is 59.9 Å². The Labute approximate surface area is 117 Å². The first kappa shape index (κ1) is 16.1. The monoisotopic (exact) mass is 267 g/mol. The highest BCUT2D eigenvalue weighted by Gasteiger charge is 2.19. The van der Waals surface area contributed by atoms with Crippen LogP contribution in [-0.2, 0) is 6.54 Å². The first-order valence-electron chi connectivity index (χ1n) is 7.23. The maximum absolute atomic E-state index is 6.00. The molecule has 0 aliphatic rings. The van der Waals surface area contributed by atoms with E-state index in [0.717, 1.165) is 32.6 Å². The molecule has 1 atom stereocenters. The molecule has 2 N–H and O–H groups in total. The molecule has 0 amide bonds. The summed E-state index contributed by atoms with van der Waals surface area (Å²) < 4.78 is 1.97. The first-order valence-corrected chi connectivity index (χ1v) is 7.23. The minimum absolute atomic E-state index is 0.278. The van der Waals surface area contributed by atoms with Gasteiger partial charge in [-0.1, -0.05) is 6.92 Å². The molecule has 0 saturated heterocycles. The molecule has 1 unspecified atom stereocenters. The van der Waals surface area contributed by atoms with E-state index in [-0.39, 0.29) is 6.04 Å². The van der Waals surface area contributed by atoms with Crippen molar-refractivity contribution in [2.24, 2.45) is 5.73 Å². The van der Waals surface area contributed by atoms with E-state index < -0.39 is 0 Å². The van der Waals surface area contributed by atoms with E-state index in [4.69, 9.17) is 5.73 Å². The van der Waals surface area contributed by atoms with Gasteiger partial charge in [0.15, 0.2) is 0 Å². The van der Waals surface area contributed by atoms with Crippen molar-refractivity contribution in [1.29, 1.82) is 0 Å². The molecule has 1 aromatic heterocycles. The lowest BCUT2D eigenvalue weighted by molar-refractivity contribution is 0.182. The maximum Gasteiger partial charge on any atom is 0.0538 e. The highest BCUT2D eigenvalue weighted by molar-refractivity contribution is 5.11. The van der Waals surface area contributed by atoms with E-state index in [1.165, 1.54) is 5.56 Å². The molecular weight excluding hydrogens is 238 g/mol. The zero-order valence-electron chi connectivity index (χ0n) is 12.8. The number of aryl methyl sites for hydroxylation is 1. The summed E-state index contributed by atoms with van der Waals surface area (Å²) in [5.74, 6) is 0. The number of nitrogens with two attached hydrogens (primary N) is 1. The highest BCUT2D eigenvalue weighted by Crippen LogP contribution is 2.19. The fraction of sp³-hybridized carbons (Fsp3) is 0.786. The van der Waals surface area contributed by atoms with Gasteiger partial charge in [-0.15, -0.1) is 0 Å². The maximum atomic E-state index is 6.00. The molecule has 0 fully saturated rings. The van der Waals surface area contributed by atoms with Crippen molar-refractivity contribution in [2.45, 2.75) is 32.9 Å². The Bertz CT molecular complexity index is 347. The molecule has 5 heteroatoms. The molecule has 0 bridgehead atoms. The van der Waals surface area contributed by atoms with Crippen LogP contribution in [0, 0.1) is 0 Å². The van der Waals surface area contributed by atoms with E-state index in [9.17, 15) is 0 Å². The topological polar surface area (TPSA) is 50.3 Å². The zero-order valence-corrected chi connectivity index (χ0v) is 12.8. The molecule has 0 aliphatic carbocycles. The van der Waals surface area contributed by atoms with Gasteiger partial charge in [-0.2, -0.15) is 5.10 Å². The Morgan fingerprint density at radius 1 is 1.26 bits per heavy atom. The number of hydrogen-bond acceptors (Lipinski definition) is 4. The van der Waals surface area contributed by atoms with E-state index in [2.05, 4.69) is 49.0 Å². The third kappa shape index (κ3) is 4.93. The second-order valence-corrected chi connectivity index (χ2v) is 5.22. The molecule has 1 rings (SSSR count). The van der Waals surface area contributed by atoms with Gasteiger partial charge >= 0.3 is 0 Å². The molecule has 110 valence electrons.